The van der Waals surface area contributed by atoms with Gasteiger partial charge in [0.25, 0.3) is 0 Å². The topological polar surface area (TPSA) is 98.9 Å². The molecule has 2 rings (SSSR count). The molecule has 0 fully saturated rings. The number of rotatable bonds is 5. The summed E-state index contributed by atoms with van der Waals surface area (Å²) in [5.74, 6) is -0.745. The van der Waals surface area contributed by atoms with Crippen LogP contribution >= 0.6 is 0 Å². The minimum atomic E-state index is -0.651. The molecule has 120 valence electrons. The van der Waals surface area contributed by atoms with Crippen molar-refractivity contribution in [3.63, 3.8) is 0 Å². The molecule has 2 aromatic carbocycles. The molecule has 0 bridgehead atoms. The minimum absolute atomic E-state index is 0.135. The number of carbonyl (C=O) groups is 2. The summed E-state index contributed by atoms with van der Waals surface area (Å²) in [4.78, 5) is 23.4. The highest BCUT2D eigenvalue weighted by atomic mass is 16.5. The van der Waals surface area contributed by atoms with E-state index in [-0.39, 0.29) is 24.5 Å². The van der Waals surface area contributed by atoms with Crippen LogP contribution in [0.5, 0.6) is 11.5 Å². The van der Waals surface area contributed by atoms with Crippen LogP contribution in [0, 0.1) is 0 Å². The highest BCUT2D eigenvalue weighted by Gasteiger charge is 2.16. The normalized spacial score (nSPS) is 10.2. The number of benzene rings is 2. The average molecular weight is 315 g/mol. The van der Waals surface area contributed by atoms with Crippen LogP contribution in [-0.4, -0.2) is 17.0 Å². The second-order valence-electron chi connectivity index (χ2n) is 4.77. The second-order valence-corrected chi connectivity index (χ2v) is 4.77. The number of hydrogen-bond donors (Lipinski definition) is 2. The lowest BCUT2D eigenvalue weighted by Gasteiger charge is -2.11. The van der Waals surface area contributed by atoms with Crippen molar-refractivity contribution in [1.82, 2.24) is 0 Å². The van der Waals surface area contributed by atoms with E-state index in [9.17, 15) is 14.7 Å². The van der Waals surface area contributed by atoms with E-state index in [1.807, 2.05) is 0 Å². The van der Waals surface area contributed by atoms with Gasteiger partial charge in [0.2, 0.25) is 0 Å². The van der Waals surface area contributed by atoms with Crippen molar-refractivity contribution < 1.29 is 24.2 Å². The summed E-state index contributed by atoms with van der Waals surface area (Å²) in [6, 6.07) is 11.1. The molecule has 6 heteroatoms. The highest BCUT2D eigenvalue weighted by molar-refractivity contribution is 5.94. The fourth-order valence-electron chi connectivity index (χ4n) is 2.05. The van der Waals surface area contributed by atoms with Crippen molar-refractivity contribution in [1.29, 1.82) is 0 Å². The average Bonchev–Trinajstić information content (AvgIpc) is 2.54. The SMILES string of the molecule is CC(=O)Oc1ccccc1C(=O)Oc1ccc(CO)c(CN)c1. The van der Waals surface area contributed by atoms with Gasteiger partial charge in [0.05, 0.1) is 6.61 Å². The molecule has 0 aromatic heterocycles. The van der Waals surface area contributed by atoms with E-state index < -0.39 is 11.9 Å². The van der Waals surface area contributed by atoms with E-state index in [0.717, 1.165) is 0 Å². The maximum absolute atomic E-state index is 12.3. The Kier molecular flexibility index (Phi) is 5.46. The van der Waals surface area contributed by atoms with Gasteiger partial charge in [0, 0.05) is 13.5 Å². The standard InChI is InChI=1S/C17H17NO5/c1-11(20)22-16-5-3-2-4-15(16)17(21)23-14-7-6-12(10-19)13(8-14)9-18/h2-8,19H,9-10,18H2,1H3. The maximum Gasteiger partial charge on any atom is 0.347 e. The van der Waals surface area contributed by atoms with Gasteiger partial charge in [-0.25, -0.2) is 4.79 Å². The number of aliphatic hydroxyl groups is 1. The first-order valence-electron chi connectivity index (χ1n) is 6.97. The summed E-state index contributed by atoms with van der Waals surface area (Å²) in [6.45, 7) is 1.32. The van der Waals surface area contributed by atoms with E-state index >= 15 is 0 Å². The van der Waals surface area contributed by atoms with Gasteiger partial charge < -0.3 is 20.3 Å². The van der Waals surface area contributed by atoms with E-state index in [2.05, 4.69) is 0 Å². The van der Waals surface area contributed by atoms with Gasteiger partial charge in [-0.15, -0.1) is 0 Å². The van der Waals surface area contributed by atoms with Crippen LogP contribution in [0.15, 0.2) is 42.5 Å². The van der Waals surface area contributed by atoms with E-state index in [0.29, 0.717) is 16.9 Å². The Morgan fingerprint density at radius 3 is 2.48 bits per heavy atom. The molecule has 0 radical (unpaired) electrons. The first-order valence-corrected chi connectivity index (χ1v) is 6.97. The lowest BCUT2D eigenvalue weighted by molar-refractivity contribution is -0.131. The zero-order chi connectivity index (χ0) is 16.8. The Morgan fingerprint density at radius 2 is 1.83 bits per heavy atom. The summed E-state index contributed by atoms with van der Waals surface area (Å²) in [7, 11) is 0. The zero-order valence-corrected chi connectivity index (χ0v) is 12.6. The van der Waals surface area contributed by atoms with Crippen LogP contribution in [0.4, 0.5) is 0 Å². The van der Waals surface area contributed by atoms with Gasteiger partial charge in [-0.05, 0) is 35.4 Å². The Bertz CT molecular complexity index is 727. The number of nitrogens with two attached hydrogens (primary N) is 1. The van der Waals surface area contributed by atoms with Crippen LogP contribution in [0.1, 0.15) is 28.4 Å². The summed E-state index contributed by atoms with van der Waals surface area (Å²) in [5.41, 5.74) is 7.11. The Hall–Kier alpha value is -2.70. The molecule has 0 saturated carbocycles. The Labute approximate surface area is 133 Å². The van der Waals surface area contributed by atoms with E-state index in [4.69, 9.17) is 15.2 Å². The van der Waals surface area contributed by atoms with Crippen molar-refractivity contribution in [3.8, 4) is 11.5 Å². The van der Waals surface area contributed by atoms with Gasteiger partial charge in [-0.1, -0.05) is 18.2 Å². The Morgan fingerprint density at radius 1 is 1.09 bits per heavy atom. The van der Waals surface area contributed by atoms with Crippen molar-refractivity contribution in [2.24, 2.45) is 5.73 Å². The van der Waals surface area contributed by atoms with Crippen molar-refractivity contribution >= 4 is 11.9 Å². The van der Waals surface area contributed by atoms with Crippen molar-refractivity contribution in [2.75, 3.05) is 0 Å². The molecule has 2 aromatic rings. The largest absolute Gasteiger partial charge is 0.426 e. The van der Waals surface area contributed by atoms with Gasteiger partial charge in [0.15, 0.2) is 0 Å². The molecule has 0 aliphatic rings. The first kappa shape index (κ1) is 16.7. The van der Waals surface area contributed by atoms with Gasteiger partial charge in [0.1, 0.15) is 17.1 Å². The quantitative estimate of drug-likeness (QED) is 0.644. The van der Waals surface area contributed by atoms with Crippen LogP contribution in [0.3, 0.4) is 0 Å². The number of ether oxygens (including phenoxy) is 2. The summed E-state index contributed by atoms with van der Waals surface area (Å²) >= 11 is 0. The summed E-state index contributed by atoms with van der Waals surface area (Å²) < 4.78 is 10.3. The third-order valence-corrected chi connectivity index (χ3v) is 3.14. The summed E-state index contributed by atoms with van der Waals surface area (Å²) in [6.07, 6.45) is 0. The van der Waals surface area contributed by atoms with E-state index in [1.54, 1.807) is 30.3 Å². The van der Waals surface area contributed by atoms with Crippen LogP contribution < -0.4 is 15.2 Å². The molecule has 0 aliphatic heterocycles. The fraction of sp³-hybridized carbons (Fsp3) is 0.176. The first-order chi connectivity index (χ1) is 11.0. The minimum Gasteiger partial charge on any atom is -0.426 e. The van der Waals surface area contributed by atoms with Crippen LogP contribution in [-0.2, 0) is 17.9 Å². The number of esters is 2. The fourth-order valence-corrected chi connectivity index (χ4v) is 2.05. The maximum atomic E-state index is 12.3. The van der Waals surface area contributed by atoms with Gasteiger partial charge >= 0.3 is 11.9 Å². The number of carbonyl (C=O) groups excluding carboxylic acids is 2. The van der Waals surface area contributed by atoms with Crippen LogP contribution in [0.2, 0.25) is 0 Å². The third kappa shape index (κ3) is 4.15. The molecule has 0 atom stereocenters. The monoisotopic (exact) mass is 315 g/mol. The van der Waals surface area contributed by atoms with Crippen molar-refractivity contribution in [3.05, 3.63) is 59.2 Å². The summed E-state index contributed by atoms with van der Waals surface area (Å²) in [5, 5.41) is 9.21. The zero-order valence-electron chi connectivity index (χ0n) is 12.6. The molecule has 0 amide bonds. The van der Waals surface area contributed by atoms with Crippen molar-refractivity contribution in [2.45, 2.75) is 20.1 Å². The lowest BCUT2D eigenvalue weighted by atomic mass is 10.1. The molecule has 0 saturated heterocycles. The smallest absolute Gasteiger partial charge is 0.347 e. The third-order valence-electron chi connectivity index (χ3n) is 3.14. The molecule has 0 heterocycles. The molecule has 0 spiro atoms. The predicted molar refractivity (Wildman–Crippen MR) is 83.0 cm³/mol. The molecule has 6 nitrogen and oxygen atoms in total. The number of aliphatic hydroxyl groups excluding tert-OH is 1. The predicted octanol–water partition coefficient (Wildman–Crippen LogP) is 1.78. The number of hydrogen-bond acceptors (Lipinski definition) is 6. The lowest BCUT2D eigenvalue weighted by Crippen LogP contribution is -2.13. The van der Waals surface area contributed by atoms with Gasteiger partial charge in [-0.3, -0.25) is 4.79 Å². The number of para-hydroxylation sites is 1. The molecule has 23 heavy (non-hydrogen) atoms. The molecule has 0 unspecified atom stereocenters. The van der Waals surface area contributed by atoms with E-state index in [1.165, 1.54) is 19.1 Å². The Balaban J connectivity index is 2.24. The van der Waals surface area contributed by atoms with Crippen LogP contribution in [0.25, 0.3) is 0 Å². The van der Waals surface area contributed by atoms with Gasteiger partial charge in [-0.2, -0.15) is 0 Å². The second kappa shape index (κ2) is 7.53. The highest BCUT2D eigenvalue weighted by Crippen LogP contribution is 2.23. The molecular weight excluding hydrogens is 298 g/mol. The molecule has 3 N–H and O–H groups in total. The molecule has 0 aliphatic carbocycles. The molecular formula is C17H17NO5.